The molecular formula is C18H27N3O3Si. The lowest BCUT2D eigenvalue weighted by Gasteiger charge is -2.15. The van der Waals surface area contributed by atoms with Crippen molar-refractivity contribution in [3.8, 4) is 0 Å². The van der Waals surface area contributed by atoms with E-state index in [2.05, 4.69) is 43.5 Å². The highest BCUT2D eigenvalue weighted by Gasteiger charge is 2.47. The number of aromatic carboxylic acids is 1. The Labute approximate surface area is 149 Å². The summed E-state index contributed by atoms with van der Waals surface area (Å²) in [6.07, 6.45) is 4.44. The maximum atomic E-state index is 11.6. The van der Waals surface area contributed by atoms with Gasteiger partial charge in [0.25, 0.3) is 0 Å². The third kappa shape index (κ3) is 3.93. The smallest absolute Gasteiger partial charge is 0.339 e. The van der Waals surface area contributed by atoms with Crippen LogP contribution in [0.5, 0.6) is 0 Å². The Morgan fingerprint density at radius 3 is 2.68 bits per heavy atom. The fourth-order valence-corrected chi connectivity index (χ4v) is 3.76. The highest BCUT2D eigenvalue weighted by atomic mass is 28.3. The molecule has 1 aliphatic rings. The van der Waals surface area contributed by atoms with Gasteiger partial charge < -0.3 is 14.4 Å². The summed E-state index contributed by atoms with van der Waals surface area (Å²) in [6, 6.07) is 1.07. The molecule has 0 saturated heterocycles. The Balaban J connectivity index is 1.83. The van der Waals surface area contributed by atoms with Gasteiger partial charge in [0.2, 0.25) is 0 Å². The van der Waals surface area contributed by atoms with E-state index in [0.717, 1.165) is 18.2 Å². The number of hydrogen-bond donors (Lipinski definition) is 1. The second-order valence-corrected chi connectivity index (χ2v) is 14.5. The Kier molecular flexibility index (Phi) is 4.49. The van der Waals surface area contributed by atoms with Crippen molar-refractivity contribution in [2.24, 2.45) is 5.41 Å². The van der Waals surface area contributed by atoms with E-state index in [1.807, 2.05) is 0 Å². The normalized spacial score (nSPS) is 19.3. The molecule has 7 heteroatoms. The van der Waals surface area contributed by atoms with Crippen LogP contribution < -0.4 is 0 Å². The van der Waals surface area contributed by atoms with Crippen molar-refractivity contribution >= 4 is 25.2 Å². The van der Waals surface area contributed by atoms with Crippen LogP contribution in [0.25, 0.3) is 11.2 Å². The molecule has 3 rings (SSSR count). The summed E-state index contributed by atoms with van der Waals surface area (Å²) >= 11 is 0. The average Bonchev–Trinajstić information content (AvgIpc) is 2.99. The number of rotatable bonds is 7. The fraction of sp³-hybridized carbons (Fsp3) is 0.611. The fourth-order valence-electron chi connectivity index (χ4n) is 3.00. The van der Waals surface area contributed by atoms with Crippen LogP contribution in [-0.4, -0.2) is 40.3 Å². The molecule has 0 radical (unpaired) electrons. The van der Waals surface area contributed by atoms with Gasteiger partial charge in [-0.15, -0.1) is 0 Å². The standard InChI is InChI=1S/C18H27N3O3Si/c1-18(2)8-13(18)14-9-19-16-15(20-14)12(17(22)23)10-21(16)11-24-6-7-25(3,4)5/h9-10,13H,6-8,11H2,1-5H3,(H,22,23). The molecule has 1 atom stereocenters. The van der Waals surface area contributed by atoms with Gasteiger partial charge in [0, 0.05) is 26.8 Å². The van der Waals surface area contributed by atoms with E-state index >= 15 is 0 Å². The van der Waals surface area contributed by atoms with Gasteiger partial charge in [0.1, 0.15) is 17.8 Å². The topological polar surface area (TPSA) is 77.2 Å². The minimum Gasteiger partial charge on any atom is -0.478 e. The summed E-state index contributed by atoms with van der Waals surface area (Å²) in [5.74, 6) is -0.616. The lowest BCUT2D eigenvalue weighted by atomic mass is 10.1. The number of carboxylic acids is 1. The second-order valence-electron chi connectivity index (χ2n) is 8.88. The Morgan fingerprint density at radius 1 is 1.44 bits per heavy atom. The van der Waals surface area contributed by atoms with Crippen molar-refractivity contribution < 1.29 is 14.6 Å². The Bertz CT molecular complexity index is 808. The first-order valence-electron chi connectivity index (χ1n) is 8.75. The molecule has 25 heavy (non-hydrogen) atoms. The zero-order valence-corrected chi connectivity index (χ0v) is 16.7. The largest absolute Gasteiger partial charge is 0.478 e. The Hall–Kier alpha value is -1.73. The predicted molar refractivity (Wildman–Crippen MR) is 99.7 cm³/mol. The molecule has 1 N–H and O–H groups in total. The molecule has 2 aromatic heterocycles. The number of carbonyl (C=O) groups is 1. The summed E-state index contributed by atoms with van der Waals surface area (Å²) in [5, 5.41) is 9.51. The van der Waals surface area contributed by atoms with Gasteiger partial charge in [-0.3, -0.25) is 0 Å². The average molecular weight is 362 g/mol. The predicted octanol–water partition coefficient (Wildman–Crippen LogP) is 3.96. The van der Waals surface area contributed by atoms with E-state index < -0.39 is 14.0 Å². The molecule has 0 aromatic carbocycles. The van der Waals surface area contributed by atoms with E-state index in [1.165, 1.54) is 0 Å². The zero-order chi connectivity index (χ0) is 18.4. The third-order valence-corrected chi connectivity index (χ3v) is 6.62. The number of ether oxygens (including phenoxy) is 1. The lowest BCUT2D eigenvalue weighted by molar-refractivity contribution is 0.0696. The molecular weight excluding hydrogens is 334 g/mol. The molecule has 0 aliphatic heterocycles. The molecule has 1 fully saturated rings. The van der Waals surface area contributed by atoms with Crippen molar-refractivity contribution in [1.29, 1.82) is 0 Å². The maximum absolute atomic E-state index is 11.6. The number of aromatic nitrogens is 3. The monoisotopic (exact) mass is 361 g/mol. The SMILES string of the molecule is CC1(C)CC1c1cnc2c(n1)c(C(=O)O)cn2COCC[Si](C)(C)C. The summed E-state index contributed by atoms with van der Waals surface area (Å²) in [6.45, 7) is 12.3. The summed E-state index contributed by atoms with van der Waals surface area (Å²) in [5.41, 5.74) is 2.34. The van der Waals surface area contributed by atoms with Crippen LogP contribution in [0.1, 0.15) is 42.2 Å². The van der Waals surface area contributed by atoms with Crippen LogP contribution in [-0.2, 0) is 11.5 Å². The molecule has 2 aromatic rings. The molecule has 1 unspecified atom stereocenters. The minimum atomic E-state index is -1.14. The van der Waals surface area contributed by atoms with Gasteiger partial charge in [-0.1, -0.05) is 33.5 Å². The van der Waals surface area contributed by atoms with E-state index in [0.29, 0.717) is 30.4 Å². The van der Waals surface area contributed by atoms with E-state index in [-0.39, 0.29) is 11.0 Å². The summed E-state index contributed by atoms with van der Waals surface area (Å²) in [7, 11) is -1.14. The molecule has 2 heterocycles. The zero-order valence-electron chi connectivity index (χ0n) is 15.7. The summed E-state index contributed by atoms with van der Waals surface area (Å²) in [4.78, 5) is 20.7. The van der Waals surface area contributed by atoms with Crippen LogP contribution >= 0.6 is 0 Å². The Morgan fingerprint density at radius 2 is 2.12 bits per heavy atom. The summed E-state index contributed by atoms with van der Waals surface area (Å²) < 4.78 is 7.50. The van der Waals surface area contributed by atoms with Gasteiger partial charge in [0.05, 0.1) is 11.9 Å². The van der Waals surface area contributed by atoms with Gasteiger partial charge in [-0.25, -0.2) is 14.8 Å². The van der Waals surface area contributed by atoms with Crippen LogP contribution in [0.4, 0.5) is 0 Å². The van der Waals surface area contributed by atoms with E-state index in [4.69, 9.17) is 4.74 Å². The molecule has 136 valence electrons. The van der Waals surface area contributed by atoms with Gasteiger partial charge >= 0.3 is 5.97 Å². The highest BCUT2D eigenvalue weighted by Crippen LogP contribution is 2.58. The number of fused-ring (bicyclic) bond motifs is 1. The van der Waals surface area contributed by atoms with Gasteiger partial charge in [0.15, 0.2) is 5.65 Å². The number of carboxylic acid groups (broad SMARTS) is 1. The van der Waals surface area contributed by atoms with Crippen LogP contribution in [0.2, 0.25) is 25.7 Å². The van der Waals surface area contributed by atoms with Gasteiger partial charge in [-0.05, 0) is 17.9 Å². The van der Waals surface area contributed by atoms with Gasteiger partial charge in [-0.2, -0.15) is 0 Å². The van der Waals surface area contributed by atoms with Crippen LogP contribution in [0.15, 0.2) is 12.4 Å². The first-order chi connectivity index (χ1) is 11.6. The molecule has 1 aliphatic carbocycles. The van der Waals surface area contributed by atoms with Crippen molar-refractivity contribution in [1.82, 2.24) is 14.5 Å². The molecule has 6 nitrogen and oxygen atoms in total. The lowest BCUT2D eigenvalue weighted by Crippen LogP contribution is -2.22. The second kappa shape index (κ2) is 6.21. The molecule has 1 saturated carbocycles. The first kappa shape index (κ1) is 18.1. The highest BCUT2D eigenvalue weighted by molar-refractivity contribution is 6.76. The van der Waals surface area contributed by atoms with Crippen molar-refractivity contribution in [3.63, 3.8) is 0 Å². The third-order valence-electron chi connectivity index (χ3n) is 4.91. The maximum Gasteiger partial charge on any atom is 0.339 e. The van der Waals surface area contributed by atoms with Crippen molar-refractivity contribution in [2.75, 3.05) is 6.61 Å². The van der Waals surface area contributed by atoms with E-state index in [1.54, 1.807) is 17.0 Å². The minimum absolute atomic E-state index is 0.191. The molecule has 0 amide bonds. The number of nitrogens with zero attached hydrogens (tertiary/aromatic N) is 3. The van der Waals surface area contributed by atoms with Crippen molar-refractivity contribution in [3.05, 3.63) is 23.7 Å². The quantitative estimate of drug-likeness (QED) is 0.597. The van der Waals surface area contributed by atoms with Crippen molar-refractivity contribution in [2.45, 2.75) is 58.6 Å². The molecule has 0 spiro atoms. The van der Waals surface area contributed by atoms with E-state index in [9.17, 15) is 9.90 Å². The van der Waals surface area contributed by atoms with Crippen LogP contribution in [0, 0.1) is 5.41 Å². The molecule has 0 bridgehead atoms. The first-order valence-corrected chi connectivity index (χ1v) is 12.5. The number of hydrogen-bond acceptors (Lipinski definition) is 4. The van der Waals surface area contributed by atoms with Crippen LogP contribution in [0.3, 0.4) is 0 Å².